The molecule has 17 heavy (non-hydrogen) atoms. The number of carbonyl (C=O) groups is 1. The summed E-state index contributed by atoms with van der Waals surface area (Å²) in [5.41, 5.74) is 5.42. The molecule has 0 aromatic rings. The molecule has 0 aromatic carbocycles. The van der Waals surface area contributed by atoms with Crippen LogP contribution in [0.1, 0.15) is 70.6 Å². The van der Waals surface area contributed by atoms with Crippen LogP contribution in [0.5, 0.6) is 0 Å². The first-order chi connectivity index (χ1) is 7.77. The fourth-order valence-electron chi connectivity index (χ4n) is 1.83. The van der Waals surface area contributed by atoms with Crippen molar-refractivity contribution in [2.24, 2.45) is 5.73 Å². The molecule has 0 bridgehead atoms. The molecular weight excluding hydrogens is 288 g/mol. The van der Waals surface area contributed by atoms with E-state index >= 15 is 0 Å². The fraction of sp³-hybridized carbons (Fsp3) is 0.923. The van der Waals surface area contributed by atoms with Crippen molar-refractivity contribution in [3.05, 3.63) is 0 Å². The van der Waals surface area contributed by atoms with Gasteiger partial charge in [-0.3, -0.25) is 4.79 Å². The normalized spacial score (nSPS) is 9.94. The standard InChI is InChI=1S/C13H27NO2.Rb/c14-12-10-8-6-4-2-1-3-5-7-9-11-13(15)16;/h1-12,14H2,(H,15,16);. The van der Waals surface area contributed by atoms with Gasteiger partial charge in [-0.05, 0) is 19.4 Å². The Labute approximate surface area is 155 Å². The number of nitrogens with two attached hydrogens (primary N) is 1. The summed E-state index contributed by atoms with van der Waals surface area (Å²) >= 11 is 0. The monoisotopic (exact) mass is 314 g/mol. The van der Waals surface area contributed by atoms with Crippen LogP contribution in [0.3, 0.4) is 0 Å². The van der Waals surface area contributed by atoms with Gasteiger partial charge in [0.1, 0.15) is 0 Å². The molecule has 0 saturated carbocycles. The summed E-state index contributed by atoms with van der Waals surface area (Å²) in [6.07, 6.45) is 12.4. The largest absolute Gasteiger partial charge is 0.481 e. The third-order valence-corrected chi connectivity index (χ3v) is 2.84. The molecule has 0 saturated heterocycles. The molecule has 0 spiro atoms. The molecule has 0 unspecified atom stereocenters. The van der Waals surface area contributed by atoms with E-state index in [-0.39, 0.29) is 58.2 Å². The van der Waals surface area contributed by atoms with Gasteiger partial charge in [0.2, 0.25) is 0 Å². The van der Waals surface area contributed by atoms with Crippen molar-refractivity contribution < 1.29 is 9.90 Å². The zero-order valence-corrected chi connectivity index (χ0v) is 16.3. The molecular formula is C13H27NO2Rb. The Morgan fingerprint density at radius 1 is 0.765 bits per heavy atom. The Morgan fingerprint density at radius 2 is 1.12 bits per heavy atom. The van der Waals surface area contributed by atoms with E-state index in [1.807, 2.05) is 0 Å². The van der Waals surface area contributed by atoms with Gasteiger partial charge in [-0.25, -0.2) is 0 Å². The molecule has 0 heterocycles. The van der Waals surface area contributed by atoms with Crippen molar-refractivity contribution in [2.75, 3.05) is 6.54 Å². The maximum Gasteiger partial charge on any atom is 0.303 e. The number of rotatable bonds is 12. The first-order valence-corrected chi connectivity index (χ1v) is 6.69. The molecule has 4 heteroatoms. The number of carboxylic acid groups (broad SMARTS) is 1. The molecule has 3 N–H and O–H groups in total. The van der Waals surface area contributed by atoms with Crippen molar-refractivity contribution in [3.63, 3.8) is 0 Å². The van der Waals surface area contributed by atoms with Gasteiger partial charge < -0.3 is 10.8 Å². The summed E-state index contributed by atoms with van der Waals surface area (Å²) in [6.45, 7) is 0.823. The topological polar surface area (TPSA) is 63.3 Å². The quantitative estimate of drug-likeness (QED) is 0.544. The van der Waals surface area contributed by atoms with E-state index in [1.54, 1.807) is 0 Å². The summed E-state index contributed by atoms with van der Waals surface area (Å²) in [5.74, 6) is -0.667. The average Bonchev–Trinajstić information content (AvgIpc) is 2.25. The predicted molar refractivity (Wildman–Crippen MR) is 73.2 cm³/mol. The molecule has 0 amide bonds. The molecule has 0 atom stereocenters. The van der Waals surface area contributed by atoms with Gasteiger partial charge >= 0.3 is 5.97 Å². The van der Waals surface area contributed by atoms with Crippen LogP contribution in [0.15, 0.2) is 0 Å². The Kier molecular flexibility index (Phi) is 20.8. The minimum atomic E-state index is -0.667. The van der Waals surface area contributed by atoms with E-state index in [4.69, 9.17) is 10.8 Å². The smallest absolute Gasteiger partial charge is 0.303 e. The Balaban J connectivity index is 0. The van der Waals surface area contributed by atoms with Crippen LogP contribution in [0.25, 0.3) is 0 Å². The van der Waals surface area contributed by atoms with Gasteiger partial charge in [-0.15, -0.1) is 0 Å². The SMILES string of the molecule is NCCCCCCCCCCCCC(=O)O.[Rb]. The molecule has 3 nitrogen and oxygen atoms in total. The molecule has 97 valence electrons. The van der Waals surface area contributed by atoms with Crippen molar-refractivity contribution in [1.82, 2.24) is 0 Å². The third-order valence-electron chi connectivity index (χ3n) is 2.84. The van der Waals surface area contributed by atoms with Crippen molar-refractivity contribution in [3.8, 4) is 0 Å². The Hall–Kier alpha value is 1.24. The molecule has 0 aliphatic rings. The van der Waals surface area contributed by atoms with E-state index in [9.17, 15) is 4.79 Å². The summed E-state index contributed by atoms with van der Waals surface area (Å²) in [5, 5.41) is 8.45. The van der Waals surface area contributed by atoms with Crippen LogP contribution in [0, 0.1) is 0 Å². The van der Waals surface area contributed by atoms with Crippen LogP contribution in [0.2, 0.25) is 0 Å². The second-order valence-electron chi connectivity index (χ2n) is 4.47. The molecule has 0 rings (SSSR count). The minimum Gasteiger partial charge on any atom is -0.481 e. The number of aliphatic carboxylic acids is 1. The van der Waals surface area contributed by atoms with Crippen LogP contribution < -0.4 is 5.73 Å². The summed E-state index contributed by atoms with van der Waals surface area (Å²) < 4.78 is 0. The fourth-order valence-corrected chi connectivity index (χ4v) is 1.83. The van der Waals surface area contributed by atoms with Gasteiger partial charge in [0.15, 0.2) is 0 Å². The maximum atomic E-state index is 10.3. The van der Waals surface area contributed by atoms with E-state index in [2.05, 4.69) is 0 Å². The first kappa shape index (κ1) is 20.6. The minimum absolute atomic E-state index is 0. The number of hydrogen-bond donors (Lipinski definition) is 2. The van der Waals surface area contributed by atoms with Gasteiger partial charge in [-0.1, -0.05) is 51.4 Å². The predicted octanol–water partition coefficient (Wildman–Crippen LogP) is 2.94. The second kappa shape index (κ2) is 17.2. The van der Waals surface area contributed by atoms with E-state index < -0.39 is 5.97 Å². The molecule has 0 aliphatic carbocycles. The summed E-state index contributed by atoms with van der Waals surface area (Å²) in [6, 6.07) is 0. The molecule has 0 aromatic heterocycles. The van der Waals surface area contributed by atoms with Crippen molar-refractivity contribution >= 4 is 64.2 Å². The third kappa shape index (κ3) is 19.7. The number of carboxylic acids is 1. The summed E-state index contributed by atoms with van der Waals surface area (Å²) in [4.78, 5) is 10.3. The van der Waals surface area contributed by atoms with E-state index in [0.717, 1.165) is 25.8 Å². The molecule has 0 aliphatic heterocycles. The zero-order valence-electron chi connectivity index (χ0n) is 11.4. The molecule has 1 radical (unpaired) electrons. The Bertz CT molecular complexity index is 165. The number of hydrogen-bond acceptors (Lipinski definition) is 2. The van der Waals surface area contributed by atoms with E-state index in [0.29, 0.717) is 6.42 Å². The van der Waals surface area contributed by atoms with Gasteiger partial charge in [0, 0.05) is 64.6 Å². The second-order valence-corrected chi connectivity index (χ2v) is 4.47. The maximum absolute atomic E-state index is 10.3. The van der Waals surface area contributed by atoms with E-state index in [1.165, 1.54) is 44.9 Å². The van der Waals surface area contributed by atoms with Crippen molar-refractivity contribution in [2.45, 2.75) is 70.6 Å². The van der Waals surface area contributed by atoms with Crippen LogP contribution in [-0.4, -0.2) is 75.8 Å². The van der Waals surface area contributed by atoms with Gasteiger partial charge in [-0.2, -0.15) is 0 Å². The van der Waals surface area contributed by atoms with Gasteiger partial charge in [0.25, 0.3) is 0 Å². The van der Waals surface area contributed by atoms with Crippen LogP contribution in [0.4, 0.5) is 0 Å². The van der Waals surface area contributed by atoms with Gasteiger partial charge in [0.05, 0.1) is 0 Å². The number of unbranched alkanes of at least 4 members (excludes halogenated alkanes) is 9. The van der Waals surface area contributed by atoms with Crippen molar-refractivity contribution in [1.29, 1.82) is 0 Å². The van der Waals surface area contributed by atoms with Crippen LogP contribution >= 0.6 is 0 Å². The summed E-state index contributed by atoms with van der Waals surface area (Å²) in [7, 11) is 0. The Morgan fingerprint density at radius 3 is 1.47 bits per heavy atom. The van der Waals surface area contributed by atoms with Crippen LogP contribution in [-0.2, 0) is 4.79 Å². The zero-order chi connectivity index (χ0) is 12.1. The first-order valence-electron chi connectivity index (χ1n) is 6.69. The average molecular weight is 315 g/mol. The molecule has 0 fully saturated rings.